The van der Waals surface area contributed by atoms with E-state index in [1.807, 2.05) is 0 Å². The van der Waals surface area contributed by atoms with Gasteiger partial charge < -0.3 is 15.0 Å². The number of hydrogen-bond acceptors (Lipinski definition) is 3. The minimum Gasteiger partial charge on any atom is -0.372 e. The van der Waals surface area contributed by atoms with E-state index < -0.39 is 0 Å². The molecule has 2 aliphatic rings. The van der Waals surface area contributed by atoms with Gasteiger partial charge in [-0.05, 0) is 43.4 Å². The van der Waals surface area contributed by atoms with Crippen LogP contribution >= 0.6 is 0 Å². The predicted octanol–water partition coefficient (Wildman–Crippen LogP) is 2.08. The molecule has 1 aromatic rings. The third-order valence-electron chi connectivity index (χ3n) is 4.10. The molecule has 1 amide bonds. The molecule has 0 aromatic heterocycles. The van der Waals surface area contributed by atoms with E-state index in [4.69, 9.17) is 4.74 Å². The van der Waals surface area contributed by atoms with Crippen LogP contribution in [0.3, 0.4) is 0 Å². The topological polar surface area (TPSA) is 41.6 Å². The van der Waals surface area contributed by atoms with E-state index in [1.165, 1.54) is 18.5 Å². The van der Waals surface area contributed by atoms with Gasteiger partial charge in [-0.2, -0.15) is 0 Å². The Bertz CT molecular complexity index is 446. The van der Waals surface area contributed by atoms with Crippen LogP contribution < -0.4 is 10.2 Å². The van der Waals surface area contributed by atoms with Gasteiger partial charge in [0.1, 0.15) is 6.10 Å². The van der Waals surface area contributed by atoms with Crippen molar-refractivity contribution in [2.45, 2.75) is 38.3 Å². The molecule has 3 rings (SSSR count). The standard InChI is InChI=1S/C16H22N2O2/c19-16(15-4-3-11-20-15)17-12-13-5-7-14(8-6-13)18-9-1-2-10-18/h5-8,15H,1-4,9-12H2,(H,17,19). The molecule has 108 valence electrons. The first kappa shape index (κ1) is 13.4. The molecular weight excluding hydrogens is 252 g/mol. The summed E-state index contributed by atoms with van der Waals surface area (Å²) >= 11 is 0. The number of benzene rings is 1. The lowest BCUT2D eigenvalue weighted by Gasteiger charge is -2.18. The Morgan fingerprint density at radius 1 is 1.20 bits per heavy atom. The number of carbonyl (C=O) groups is 1. The van der Waals surface area contributed by atoms with Crippen molar-refractivity contribution in [3.63, 3.8) is 0 Å². The van der Waals surface area contributed by atoms with Crippen molar-refractivity contribution in [1.82, 2.24) is 5.32 Å². The summed E-state index contributed by atoms with van der Waals surface area (Å²) in [7, 11) is 0. The van der Waals surface area contributed by atoms with Crippen LogP contribution in [-0.2, 0) is 16.1 Å². The van der Waals surface area contributed by atoms with Gasteiger partial charge in [0.05, 0.1) is 0 Å². The second-order valence-electron chi connectivity index (χ2n) is 5.58. The molecule has 1 aromatic carbocycles. The highest BCUT2D eigenvalue weighted by Crippen LogP contribution is 2.20. The van der Waals surface area contributed by atoms with Crippen LogP contribution in [0.5, 0.6) is 0 Å². The first-order valence-electron chi connectivity index (χ1n) is 7.56. The zero-order valence-corrected chi connectivity index (χ0v) is 11.8. The van der Waals surface area contributed by atoms with Crippen molar-refractivity contribution < 1.29 is 9.53 Å². The highest BCUT2D eigenvalue weighted by molar-refractivity contribution is 5.80. The van der Waals surface area contributed by atoms with E-state index in [-0.39, 0.29) is 12.0 Å². The highest BCUT2D eigenvalue weighted by atomic mass is 16.5. The van der Waals surface area contributed by atoms with Crippen molar-refractivity contribution in [1.29, 1.82) is 0 Å². The van der Waals surface area contributed by atoms with Crippen molar-refractivity contribution >= 4 is 11.6 Å². The minimum absolute atomic E-state index is 0.0196. The summed E-state index contributed by atoms with van der Waals surface area (Å²) in [5.41, 5.74) is 2.43. The SMILES string of the molecule is O=C(NCc1ccc(N2CCCC2)cc1)C1CCCO1. The van der Waals surface area contributed by atoms with Gasteiger partial charge in [-0.1, -0.05) is 12.1 Å². The maximum atomic E-state index is 11.9. The maximum absolute atomic E-state index is 11.9. The fourth-order valence-electron chi connectivity index (χ4n) is 2.89. The van der Waals surface area contributed by atoms with Gasteiger partial charge in [-0.3, -0.25) is 4.79 Å². The number of anilines is 1. The monoisotopic (exact) mass is 274 g/mol. The summed E-state index contributed by atoms with van der Waals surface area (Å²) in [4.78, 5) is 14.3. The molecule has 2 saturated heterocycles. The van der Waals surface area contributed by atoms with E-state index in [1.54, 1.807) is 0 Å². The molecule has 2 fully saturated rings. The molecule has 1 N–H and O–H groups in total. The van der Waals surface area contributed by atoms with E-state index >= 15 is 0 Å². The number of nitrogens with zero attached hydrogens (tertiary/aromatic N) is 1. The number of amides is 1. The van der Waals surface area contributed by atoms with E-state index in [0.29, 0.717) is 13.2 Å². The Labute approximate surface area is 120 Å². The Morgan fingerprint density at radius 3 is 2.60 bits per heavy atom. The molecule has 4 heteroatoms. The van der Waals surface area contributed by atoms with Gasteiger partial charge in [-0.15, -0.1) is 0 Å². The minimum atomic E-state index is -0.237. The number of carbonyl (C=O) groups excluding carboxylic acids is 1. The Hall–Kier alpha value is -1.55. The lowest BCUT2D eigenvalue weighted by Crippen LogP contribution is -2.33. The molecule has 0 saturated carbocycles. The number of ether oxygens (including phenoxy) is 1. The third-order valence-corrected chi connectivity index (χ3v) is 4.10. The normalized spacial score (nSPS) is 22.2. The second-order valence-corrected chi connectivity index (χ2v) is 5.58. The highest BCUT2D eigenvalue weighted by Gasteiger charge is 2.22. The van der Waals surface area contributed by atoms with Gasteiger partial charge in [-0.25, -0.2) is 0 Å². The van der Waals surface area contributed by atoms with Crippen LogP contribution in [-0.4, -0.2) is 31.7 Å². The molecular formula is C16H22N2O2. The average molecular weight is 274 g/mol. The predicted molar refractivity (Wildman–Crippen MR) is 78.7 cm³/mol. The third kappa shape index (κ3) is 3.12. The van der Waals surface area contributed by atoms with Crippen LogP contribution in [0.2, 0.25) is 0 Å². The lowest BCUT2D eigenvalue weighted by atomic mass is 10.2. The summed E-state index contributed by atoms with van der Waals surface area (Å²) in [6, 6.07) is 8.50. The van der Waals surface area contributed by atoms with Crippen molar-refractivity contribution in [2.24, 2.45) is 0 Å². The molecule has 0 bridgehead atoms. The summed E-state index contributed by atoms with van der Waals surface area (Å²) in [6.45, 7) is 3.62. The lowest BCUT2D eigenvalue weighted by molar-refractivity contribution is -0.130. The van der Waals surface area contributed by atoms with Gasteiger partial charge in [0.15, 0.2) is 0 Å². The Morgan fingerprint density at radius 2 is 1.95 bits per heavy atom. The molecule has 0 radical (unpaired) electrons. The van der Waals surface area contributed by atoms with Crippen LogP contribution in [0.1, 0.15) is 31.2 Å². The molecule has 1 unspecified atom stereocenters. The van der Waals surface area contributed by atoms with E-state index in [9.17, 15) is 4.79 Å². The molecule has 4 nitrogen and oxygen atoms in total. The molecule has 1 atom stereocenters. The largest absolute Gasteiger partial charge is 0.372 e. The van der Waals surface area contributed by atoms with Crippen LogP contribution in [0.4, 0.5) is 5.69 Å². The van der Waals surface area contributed by atoms with Crippen molar-refractivity contribution in [3.05, 3.63) is 29.8 Å². The molecule has 0 aliphatic carbocycles. The van der Waals surface area contributed by atoms with Gasteiger partial charge >= 0.3 is 0 Å². The van der Waals surface area contributed by atoms with Crippen LogP contribution in [0, 0.1) is 0 Å². The fourth-order valence-corrected chi connectivity index (χ4v) is 2.89. The van der Waals surface area contributed by atoms with Gasteiger partial charge in [0, 0.05) is 31.9 Å². The van der Waals surface area contributed by atoms with Crippen LogP contribution in [0.15, 0.2) is 24.3 Å². The summed E-state index contributed by atoms with van der Waals surface area (Å²) in [5.74, 6) is 0.0196. The molecule has 0 spiro atoms. The van der Waals surface area contributed by atoms with Gasteiger partial charge in [0.2, 0.25) is 5.91 Å². The maximum Gasteiger partial charge on any atom is 0.249 e. The van der Waals surface area contributed by atoms with Crippen molar-refractivity contribution in [3.8, 4) is 0 Å². The molecule has 20 heavy (non-hydrogen) atoms. The van der Waals surface area contributed by atoms with Gasteiger partial charge in [0.25, 0.3) is 0 Å². The smallest absolute Gasteiger partial charge is 0.249 e. The van der Waals surface area contributed by atoms with E-state index in [0.717, 1.165) is 31.5 Å². The summed E-state index contributed by atoms with van der Waals surface area (Å²) < 4.78 is 5.37. The molecule has 2 aliphatic heterocycles. The zero-order chi connectivity index (χ0) is 13.8. The Kier molecular flexibility index (Phi) is 4.21. The molecule has 2 heterocycles. The second kappa shape index (κ2) is 6.27. The van der Waals surface area contributed by atoms with Crippen LogP contribution in [0.25, 0.3) is 0 Å². The number of nitrogens with one attached hydrogen (secondary N) is 1. The first-order valence-corrected chi connectivity index (χ1v) is 7.56. The Balaban J connectivity index is 1.51. The summed E-state index contributed by atoms with van der Waals surface area (Å²) in [6.07, 6.45) is 4.18. The van der Waals surface area contributed by atoms with E-state index in [2.05, 4.69) is 34.5 Å². The zero-order valence-electron chi connectivity index (χ0n) is 11.8. The first-order chi connectivity index (χ1) is 9.83. The quantitative estimate of drug-likeness (QED) is 0.914. The number of rotatable bonds is 4. The number of hydrogen-bond donors (Lipinski definition) is 1. The summed E-state index contributed by atoms with van der Waals surface area (Å²) in [5, 5.41) is 2.95. The van der Waals surface area contributed by atoms with Crippen molar-refractivity contribution in [2.75, 3.05) is 24.6 Å². The average Bonchev–Trinajstić information content (AvgIpc) is 3.18. The fraction of sp³-hybridized carbons (Fsp3) is 0.562.